The number of pyridine rings is 1. The fourth-order valence-corrected chi connectivity index (χ4v) is 2.56. The first-order valence-corrected chi connectivity index (χ1v) is 6.11. The van der Waals surface area contributed by atoms with Crippen LogP contribution in [-0.4, -0.2) is 4.98 Å². The Kier molecular flexibility index (Phi) is 3.25. The maximum absolute atomic E-state index is 13.8. The van der Waals surface area contributed by atoms with E-state index in [4.69, 9.17) is 0 Å². The Labute approximate surface area is 128 Å². The number of hydrogen-bond acceptors (Lipinski definition) is 1. The summed E-state index contributed by atoms with van der Waals surface area (Å²) in [7, 11) is 0. The molecule has 99 valence electrons. The second-order valence-corrected chi connectivity index (χ2v) is 4.56. The van der Waals surface area contributed by atoms with E-state index in [0.29, 0.717) is 5.39 Å². The van der Waals surface area contributed by atoms with Crippen molar-refractivity contribution in [2.75, 3.05) is 0 Å². The molecule has 0 saturated heterocycles. The first-order valence-electron chi connectivity index (χ1n) is 6.11. The third-order valence-corrected chi connectivity index (χ3v) is 3.48. The van der Waals surface area contributed by atoms with Crippen LogP contribution in [0.4, 0.5) is 4.39 Å². The predicted octanol–water partition coefficient (Wildman–Crippen LogP) is 4.48. The third-order valence-electron chi connectivity index (χ3n) is 3.48. The second-order valence-electron chi connectivity index (χ2n) is 4.56. The van der Waals surface area contributed by atoms with Crippen LogP contribution in [0.5, 0.6) is 0 Å². The fraction of sp³-hybridized carbons (Fsp3) is 0. The van der Waals surface area contributed by atoms with E-state index < -0.39 is 0 Å². The molecule has 4 aromatic rings. The van der Waals surface area contributed by atoms with Gasteiger partial charge >= 0.3 is 0 Å². The largest absolute Gasteiger partial charge is 0.303 e. The first-order chi connectivity index (χ1) is 9.34. The molecule has 0 amide bonds. The van der Waals surface area contributed by atoms with Crippen molar-refractivity contribution < 1.29 is 24.5 Å². The van der Waals surface area contributed by atoms with Gasteiger partial charge in [-0.25, -0.2) is 4.39 Å². The van der Waals surface area contributed by atoms with Gasteiger partial charge in [-0.1, -0.05) is 41.8 Å². The van der Waals surface area contributed by atoms with Gasteiger partial charge in [0.25, 0.3) is 0 Å². The van der Waals surface area contributed by atoms with E-state index in [-0.39, 0.29) is 25.9 Å². The van der Waals surface area contributed by atoms with Crippen LogP contribution in [0.1, 0.15) is 0 Å². The van der Waals surface area contributed by atoms with Gasteiger partial charge in [0, 0.05) is 32.1 Å². The van der Waals surface area contributed by atoms with Gasteiger partial charge in [0.15, 0.2) is 0 Å². The van der Waals surface area contributed by atoms with Gasteiger partial charge < -0.3 is 4.98 Å². The molecule has 1 heterocycles. The van der Waals surface area contributed by atoms with Crippen LogP contribution in [-0.2, 0) is 20.1 Å². The minimum atomic E-state index is -0.231. The van der Waals surface area contributed by atoms with Crippen molar-refractivity contribution in [1.82, 2.24) is 4.98 Å². The summed E-state index contributed by atoms with van der Waals surface area (Å²) in [5, 5.41) is 4.56. The smallest absolute Gasteiger partial charge is 0.0489 e. The number of hydrogen-bond donors (Lipinski definition) is 0. The zero-order valence-corrected chi connectivity index (χ0v) is 12.7. The summed E-state index contributed by atoms with van der Waals surface area (Å²) >= 11 is 0. The Morgan fingerprint density at radius 3 is 2.60 bits per heavy atom. The molecule has 20 heavy (non-hydrogen) atoms. The van der Waals surface area contributed by atoms with Crippen LogP contribution in [0.15, 0.2) is 54.7 Å². The molecule has 0 spiro atoms. The monoisotopic (exact) mass is 439 g/mol. The Balaban J connectivity index is 0.00000121. The summed E-state index contributed by atoms with van der Waals surface area (Å²) in [6, 6.07) is 17.9. The van der Waals surface area contributed by atoms with Crippen LogP contribution in [0.3, 0.4) is 0 Å². The molecule has 0 aliphatic carbocycles. The Hall–Kier alpha value is -1.83. The van der Waals surface area contributed by atoms with Crippen LogP contribution >= 0.6 is 0 Å². The molecule has 0 aliphatic rings. The molecule has 0 aliphatic heterocycles. The molecule has 1 radical (unpaired) electrons. The number of benzene rings is 3. The van der Waals surface area contributed by atoms with Crippen LogP contribution < -0.4 is 0 Å². The summed E-state index contributed by atoms with van der Waals surface area (Å²) in [5.41, 5.74) is 0.802. The molecule has 0 fully saturated rings. The number of aromatic nitrogens is 1. The van der Waals surface area contributed by atoms with Crippen LogP contribution in [0, 0.1) is 11.9 Å². The summed E-state index contributed by atoms with van der Waals surface area (Å²) in [6.07, 6.45) is 1.83. The third kappa shape index (κ3) is 1.82. The molecule has 0 atom stereocenters. The average Bonchev–Trinajstić information content (AvgIpc) is 2.47. The van der Waals surface area contributed by atoms with E-state index in [1.54, 1.807) is 12.1 Å². The molecule has 0 unspecified atom stereocenters. The SMILES string of the molecule is Fc1cc[c-]c2c1ccc1c3ccccc3cnc21.[Ir]. The molecular weight excluding hydrogens is 429 g/mol. The van der Waals surface area contributed by atoms with E-state index in [0.717, 1.165) is 27.1 Å². The number of halogens is 1. The normalized spacial score (nSPS) is 10.8. The molecule has 3 heteroatoms. The number of fused-ring (bicyclic) bond motifs is 5. The maximum Gasteiger partial charge on any atom is 0.0489 e. The average molecular weight is 438 g/mol. The molecule has 4 rings (SSSR count). The summed E-state index contributed by atoms with van der Waals surface area (Å²) < 4.78 is 13.8. The quantitative estimate of drug-likeness (QED) is 0.292. The van der Waals surface area contributed by atoms with Crippen molar-refractivity contribution in [1.29, 1.82) is 0 Å². The number of nitrogens with zero attached hydrogens (tertiary/aromatic N) is 1. The molecule has 1 nitrogen and oxygen atoms in total. The van der Waals surface area contributed by atoms with Crippen LogP contribution in [0.25, 0.3) is 32.4 Å². The van der Waals surface area contributed by atoms with Crippen molar-refractivity contribution >= 4 is 32.4 Å². The zero-order chi connectivity index (χ0) is 12.8. The van der Waals surface area contributed by atoms with Gasteiger partial charge in [0.2, 0.25) is 0 Å². The van der Waals surface area contributed by atoms with Gasteiger partial charge in [-0.3, -0.25) is 0 Å². The molecule has 3 aromatic carbocycles. The summed E-state index contributed by atoms with van der Waals surface area (Å²) in [4.78, 5) is 4.48. The van der Waals surface area contributed by atoms with Gasteiger partial charge in [-0.05, 0) is 21.7 Å². The zero-order valence-electron chi connectivity index (χ0n) is 10.4. The van der Waals surface area contributed by atoms with E-state index in [9.17, 15) is 4.39 Å². The second kappa shape index (κ2) is 4.93. The first kappa shape index (κ1) is 13.2. The van der Waals surface area contributed by atoms with Gasteiger partial charge in [0.1, 0.15) is 0 Å². The molecule has 1 aromatic heterocycles. The van der Waals surface area contributed by atoms with Crippen molar-refractivity contribution in [2.45, 2.75) is 0 Å². The van der Waals surface area contributed by atoms with Crippen molar-refractivity contribution in [3.05, 3.63) is 66.6 Å². The van der Waals surface area contributed by atoms with Crippen molar-refractivity contribution in [3.63, 3.8) is 0 Å². The van der Waals surface area contributed by atoms with Crippen LogP contribution in [0.2, 0.25) is 0 Å². The molecular formula is C17H9FIrN-. The maximum atomic E-state index is 13.8. The van der Waals surface area contributed by atoms with E-state index in [1.807, 2.05) is 30.5 Å². The van der Waals surface area contributed by atoms with E-state index >= 15 is 0 Å². The van der Waals surface area contributed by atoms with Gasteiger partial charge in [0.05, 0.1) is 0 Å². The van der Waals surface area contributed by atoms with Gasteiger partial charge in [-0.15, -0.1) is 23.6 Å². The fourth-order valence-electron chi connectivity index (χ4n) is 2.56. The van der Waals surface area contributed by atoms with Crippen molar-refractivity contribution in [3.8, 4) is 0 Å². The van der Waals surface area contributed by atoms with E-state index in [1.165, 1.54) is 6.07 Å². The molecule has 0 bridgehead atoms. The predicted molar refractivity (Wildman–Crippen MR) is 75.5 cm³/mol. The minimum Gasteiger partial charge on any atom is -0.303 e. The Morgan fingerprint density at radius 1 is 0.900 bits per heavy atom. The minimum absolute atomic E-state index is 0. The number of rotatable bonds is 0. The molecule has 0 saturated carbocycles. The molecule has 0 N–H and O–H groups in total. The standard InChI is InChI=1S/C17H9FN.Ir/c18-16-7-3-6-14-13(16)8-9-15-12-5-2-1-4-11(12)10-19-17(14)15;/h1-5,7-10H;/q-1;. The topological polar surface area (TPSA) is 12.9 Å². The Morgan fingerprint density at radius 2 is 1.70 bits per heavy atom. The van der Waals surface area contributed by atoms with Gasteiger partial charge in [-0.2, -0.15) is 0 Å². The summed E-state index contributed by atoms with van der Waals surface area (Å²) in [6.45, 7) is 0. The van der Waals surface area contributed by atoms with Crippen molar-refractivity contribution in [2.24, 2.45) is 0 Å². The Bertz CT molecular complexity index is 934. The summed E-state index contributed by atoms with van der Waals surface area (Å²) in [5.74, 6) is -0.231. The van der Waals surface area contributed by atoms with E-state index in [2.05, 4.69) is 17.1 Å².